The minimum atomic E-state index is -4.00. The minimum absolute atomic E-state index is 0.511. The molecule has 0 radical (unpaired) electrons. The number of carbonyl (C=O) groups is 1. The summed E-state index contributed by atoms with van der Waals surface area (Å²) in [6.45, 7) is 0. The van der Waals surface area contributed by atoms with Crippen molar-refractivity contribution in [3.8, 4) is 0 Å². The van der Waals surface area contributed by atoms with E-state index in [1.165, 1.54) is 0 Å². The van der Waals surface area contributed by atoms with Crippen LogP contribution < -0.4 is 0 Å². The van der Waals surface area contributed by atoms with Crippen LogP contribution in [0, 0.1) is 20.2 Å². The monoisotopic (exact) mass is 352 g/mol. The summed E-state index contributed by atoms with van der Waals surface area (Å²) in [6, 6.07) is 1.02. The van der Waals surface area contributed by atoms with E-state index in [9.17, 15) is 37.6 Å². The number of nitrogens with zero attached hydrogens (tertiary/aromatic N) is 2. The lowest BCUT2D eigenvalue weighted by Crippen LogP contribution is -2.13. The number of carboxylic acids is 1. The molecule has 0 fully saturated rings. The Morgan fingerprint density at radius 3 is 1.91 bits per heavy atom. The molecule has 1 atom stereocenters. The van der Waals surface area contributed by atoms with Crippen molar-refractivity contribution in [3.63, 3.8) is 0 Å². The molecule has 13 heteroatoms. The Balaban J connectivity index is 3.80. The predicted octanol–water partition coefficient (Wildman–Crippen LogP) is 0.0987. The van der Waals surface area contributed by atoms with Crippen LogP contribution in [0.3, 0.4) is 0 Å². The molecular weight excluding hydrogens is 344 g/mol. The summed E-state index contributed by atoms with van der Waals surface area (Å²) < 4.78 is 34.7. The Labute approximate surface area is 125 Å². The zero-order valence-corrected chi connectivity index (χ0v) is 12.4. The lowest BCUT2D eigenvalue weighted by molar-refractivity contribution is -0.400. The van der Waals surface area contributed by atoms with Crippen LogP contribution >= 0.6 is 0 Å². The highest BCUT2D eigenvalue weighted by molar-refractivity contribution is 7.90. The SMILES string of the molecule is CS(=O)(=O)c1cc([N+](=O)[O-])c(S(=O)CC(=O)O)c([N+](=O)[O-])c1. The Morgan fingerprint density at radius 2 is 1.64 bits per heavy atom. The quantitative estimate of drug-likeness (QED) is 0.549. The van der Waals surface area contributed by atoms with Crippen molar-refractivity contribution in [2.24, 2.45) is 0 Å². The van der Waals surface area contributed by atoms with Gasteiger partial charge in [0.2, 0.25) is 0 Å². The standard InChI is InChI=1S/C9H8N2O9S2/c1-22(19,20)5-2-6(10(14)15)9(7(3-5)11(16)17)21(18)4-8(12)13/h2-3H,4H2,1H3,(H,12,13). The van der Waals surface area contributed by atoms with Gasteiger partial charge in [0.05, 0.1) is 25.5 Å². The molecule has 1 rings (SSSR count). The molecular formula is C9H8N2O9S2. The van der Waals surface area contributed by atoms with Gasteiger partial charge in [-0.25, -0.2) is 8.42 Å². The van der Waals surface area contributed by atoms with Gasteiger partial charge in [0.15, 0.2) is 14.7 Å². The van der Waals surface area contributed by atoms with Crippen molar-refractivity contribution in [1.29, 1.82) is 0 Å². The van der Waals surface area contributed by atoms with E-state index in [1.54, 1.807) is 0 Å². The first kappa shape index (κ1) is 17.6. The normalized spacial score (nSPS) is 12.6. The van der Waals surface area contributed by atoms with Crippen LogP contribution in [0.4, 0.5) is 11.4 Å². The highest BCUT2D eigenvalue weighted by Gasteiger charge is 2.33. The number of rotatable bonds is 6. The van der Waals surface area contributed by atoms with Gasteiger partial charge in [0.25, 0.3) is 11.4 Å². The van der Waals surface area contributed by atoms with Crippen LogP contribution in [0.1, 0.15) is 0 Å². The van der Waals surface area contributed by atoms with Gasteiger partial charge < -0.3 is 5.11 Å². The first-order valence-electron chi connectivity index (χ1n) is 5.22. The van der Waals surface area contributed by atoms with Crippen LogP contribution in [0.5, 0.6) is 0 Å². The van der Waals surface area contributed by atoms with E-state index in [4.69, 9.17) is 5.11 Å². The molecule has 0 bridgehead atoms. The van der Waals surface area contributed by atoms with Crippen molar-refractivity contribution in [2.75, 3.05) is 12.0 Å². The Hall–Kier alpha value is -2.41. The molecule has 120 valence electrons. The van der Waals surface area contributed by atoms with E-state index in [2.05, 4.69) is 0 Å². The average molecular weight is 352 g/mol. The van der Waals surface area contributed by atoms with E-state index < -0.39 is 63.4 Å². The molecule has 0 aromatic heterocycles. The van der Waals surface area contributed by atoms with Crippen molar-refractivity contribution in [1.82, 2.24) is 0 Å². The summed E-state index contributed by atoms with van der Waals surface area (Å²) >= 11 is 0. The summed E-state index contributed by atoms with van der Waals surface area (Å²) in [7, 11) is -6.60. The first-order chi connectivity index (χ1) is 9.95. The predicted molar refractivity (Wildman–Crippen MR) is 71.8 cm³/mol. The topological polar surface area (TPSA) is 175 Å². The summed E-state index contributed by atoms with van der Waals surface area (Å²) in [5.41, 5.74) is -2.18. The van der Waals surface area contributed by atoms with Gasteiger partial charge in [-0.15, -0.1) is 0 Å². The third-order valence-corrected chi connectivity index (χ3v) is 4.80. The molecule has 22 heavy (non-hydrogen) atoms. The highest BCUT2D eigenvalue weighted by atomic mass is 32.2. The van der Waals surface area contributed by atoms with Crippen molar-refractivity contribution in [3.05, 3.63) is 32.4 Å². The Morgan fingerprint density at radius 1 is 1.23 bits per heavy atom. The van der Waals surface area contributed by atoms with Crippen LogP contribution in [0.15, 0.2) is 21.9 Å². The van der Waals surface area contributed by atoms with Gasteiger partial charge in [-0.2, -0.15) is 0 Å². The summed E-state index contributed by atoms with van der Waals surface area (Å²) in [6.07, 6.45) is 0.684. The third-order valence-electron chi connectivity index (χ3n) is 2.33. The molecule has 0 saturated heterocycles. The largest absolute Gasteiger partial charge is 0.481 e. The maximum absolute atomic E-state index is 11.8. The van der Waals surface area contributed by atoms with Gasteiger partial charge >= 0.3 is 5.97 Å². The zero-order chi connectivity index (χ0) is 17.2. The molecule has 1 N–H and O–H groups in total. The molecule has 0 saturated carbocycles. The molecule has 1 unspecified atom stereocenters. The highest BCUT2D eigenvalue weighted by Crippen LogP contribution is 2.35. The molecule has 1 aromatic rings. The van der Waals surface area contributed by atoms with Gasteiger partial charge in [0.1, 0.15) is 5.75 Å². The number of benzene rings is 1. The zero-order valence-electron chi connectivity index (χ0n) is 10.8. The molecule has 0 aliphatic rings. The summed E-state index contributed by atoms with van der Waals surface area (Å²) in [4.78, 5) is 28.5. The number of sulfone groups is 1. The van der Waals surface area contributed by atoms with Crippen molar-refractivity contribution < 1.29 is 32.4 Å². The van der Waals surface area contributed by atoms with Crippen LogP contribution in [0.25, 0.3) is 0 Å². The van der Waals surface area contributed by atoms with E-state index in [1.807, 2.05) is 0 Å². The Kier molecular flexibility index (Phi) is 4.93. The van der Waals surface area contributed by atoms with E-state index in [-0.39, 0.29) is 0 Å². The number of nitro benzene ring substituents is 2. The van der Waals surface area contributed by atoms with E-state index in [0.717, 1.165) is 0 Å². The average Bonchev–Trinajstić information content (AvgIpc) is 2.34. The molecule has 1 aromatic carbocycles. The van der Waals surface area contributed by atoms with Crippen LogP contribution in [-0.4, -0.2) is 45.6 Å². The van der Waals surface area contributed by atoms with Gasteiger partial charge in [-0.1, -0.05) is 0 Å². The minimum Gasteiger partial charge on any atom is -0.481 e. The smallest absolute Gasteiger partial charge is 0.316 e. The van der Waals surface area contributed by atoms with Crippen molar-refractivity contribution >= 4 is 38.0 Å². The number of aliphatic carboxylic acids is 1. The lowest BCUT2D eigenvalue weighted by Gasteiger charge is -2.05. The summed E-state index contributed by atoms with van der Waals surface area (Å²) in [5, 5.41) is 30.5. The number of hydrogen-bond acceptors (Lipinski definition) is 8. The Bertz CT molecular complexity index is 764. The number of hydrogen-bond donors (Lipinski definition) is 1. The molecule has 0 aliphatic heterocycles. The fraction of sp³-hybridized carbons (Fsp3) is 0.222. The van der Waals surface area contributed by atoms with Crippen molar-refractivity contribution in [2.45, 2.75) is 9.79 Å². The third kappa shape index (κ3) is 3.82. The van der Waals surface area contributed by atoms with E-state index >= 15 is 0 Å². The van der Waals surface area contributed by atoms with Gasteiger partial charge in [0, 0.05) is 18.4 Å². The lowest BCUT2D eigenvalue weighted by atomic mass is 10.3. The fourth-order valence-corrected chi connectivity index (χ4v) is 3.23. The second-order valence-corrected chi connectivity index (χ2v) is 7.36. The van der Waals surface area contributed by atoms with Gasteiger partial charge in [-0.3, -0.25) is 29.2 Å². The van der Waals surface area contributed by atoms with Crippen LogP contribution in [0.2, 0.25) is 0 Å². The molecule has 11 nitrogen and oxygen atoms in total. The number of carboxylic acid groups (broad SMARTS) is 1. The molecule has 0 aliphatic carbocycles. The molecule has 0 amide bonds. The molecule has 0 heterocycles. The summed E-state index contributed by atoms with van der Waals surface area (Å²) in [5.74, 6) is -2.69. The maximum atomic E-state index is 11.8. The molecule has 0 spiro atoms. The van der Waals surface area contributed by atoms with Crippen LogP contribution in [-0.2, 0) is 25.4 Å². The second-order valence-electron chi connectivity index (χ2n) is 3.96. The first-order valence-corrected chi connectivity index (χ1v) is 8.43. The maximum Gasteiger partial charge on any atom is 0.316 e. The second kappa shape index (κ2) is 6.15. The van der Waals surface area contributed by atoms with Gasteiger partial charge in [-0.05, 0) is 0 Å². The number of nitro groups is 2. The van der Waals surface area contributed by atoms with E-state index in [0.29, 0.717) is 18.4 Å². The fourth-order valence-electron chi connectivity index (χ4n) is 1.48.